The van der Waals surface area contributed by atoms with Gasteiger partial charge in [0.05, 0.1) is 18.7 Å². The highest BCUT2D eigenvalue weighted by molar-refractivity contribution is 6.46. The lowest BCUT2D eigenvalue weighted by Crippen LogP contribution is -2.31. The molecule has 152 valence electrons. The molecule has 1 saturated heterocycles. The second-order valence-electron chi connectivity index (χ2n) is 6.81. The van der Waals surface area contributed by atoms with Crippen LogP contribution in [0, 0.1) is 6.92 Å². The number of aliphatic hydroxyl groups is 1. The number of Topliss-reactive ketones (excluding diaryl/α,β-unsaturated/α-hetero) is 1. The standard InChI is InChI=1S/C22H24N2O5/c1-14-12-16(29-3)7-8-17(14)20(25)18-19(15-6-4-9-23-13-15)24(10-5-11-28-2)22(27)21(18)26/h4,6-9,12-13,19,25H,5,10-11H2,1-3H3/t19-/m1/s1. The molecule has 2 heterocycles. The molecule has 7 heteroatoms. The van der Waals surface area contributed by atoms with Gasteiger partial charge < -0.3 is 19.5 Å². The van der Waals surface area contributed by atoms with Crippen molar-refractivity contribution in [1.29, 1.82) is 0 Å². The number of benzene rings is 1. The van der Waals surface area contributed by atoms with Crippen molar-refractivity contribution in [3.05, 3.63) is 65.0 Å². The predicted molar refractivity (Wildman–Crippen MR) is 107 cm³/mol. The van der Waals surface area contributed by atoms with Crippen LogP contribution in [0.4, 0.5) is 0 Å². The van der Waals surface area contributed by atoms with Gasteiger partial charge in [-0.05, 0) is 48.7 Å². The highest BCUT2D eigenvalue weighted by atomic mass is 16.5. The number of pyridine rings is 1. The molecule has 0 saturated carbocycles. The molecule has 7 nitrogen and oxygen atoms in total. The Balaban J connectivity index is 2.12. The minimum Gasteiger partial charge on any atom is -0.507 e. The first-order valence-corrected chi connectivity index (χ1v) is 9.31. The molecule has 1 aromatic heterocycles. The summed E-state index contributed by atoms with van der Waals surface area (Å²) in [5.41, 5.74) is 1.94. The van der Waals surface area contributed by atoms with Gasteiger partial charge >= 0.3 is 0 Å². The first kappa shape index (κ1) is 20.5. The van der Waals surface area contributed by atoms with Crippen molar-refractivity contribution in [2.75, 3.05) is 27.4 Å². The summed E-state index contributed by atoms with van der Waals surface area (Å²) in [5, 5.41) is 11.1. The Morgan fingerprint density at radius 1 is 1.24 bits per heavy atom. The van der Waals surface area contributed by atoms with Crippen LogP contribution in [-0.2, 0) is 14.3 Å². The third-order valence-electron chi connectivity index (χ3n) is 4.98. The fourth-order valence-electron chi connectivity index (χ4n) is 3.55. The number of methoxy groups -OCH3 is 2. The average Bonchev–Trinajstić information content (AvgIpc) is 2.99. The smallest absolute Gasteiger partial charge is 0.295 e. The lowest BCUT2D eigenvalue weighted by molar-refractivity contribution is -0.140. The van der Waals surface area contributed by atoms with E-state index in [1.54, 1.807) is 56.9 Å². The van der Waals surface area contributed by atoms with Gasteiger partial charge in [0.15, 0.2) is 0 Å². The van der Waals surface area contributed by atoms with Crippen molar-refractivity contribution in [3.63, 3.8) is 0 Å². The van der Waals surface area contributed by atoms with Crippen LogP contribution in [0.2, 0.25) is 0 Å². The monoisotopic (exact) mass is 396 g/mol. The minimum atomic E-state index is -0.706. The molecule has 1 aliphatic heterocycles. The molecule has 1 fully saturated rings. The van der Waals surface area contributed by atoms with Crippen LogP contribution in [0.25, 0.3) is 5.76 Å². The van der Waals surface area contributed by atoms with Crippen LogP contribution >= 0.6 is 0 Å². The Morgan fingerprint density at radius 3 is 2.66 bits per heavy atom. The molecular weight excluding hydrogens is 372 g/mol. The van der Waals surface area contributed by atoms with E-state index in [1.165, 1.54) is 4.90 Å². The normalized spacial score (nSPS) is 18.3. The van der Waals surface area contributed by atoms with Crippen LogP contribution in [-0.4, -0.2) is 54.1 Å². The van der Waals surface area contributed by atoms with E-state index in [0.717, 1.165) is 5.56 Å². The van der Waals surface area contributed by atoms with Crippen LogP contribution < -0.4 is 4.74 Å². The van der Waals surface area contributed by atoms with E-state index < -0.39 is 17.7 Å². The highest BCUT2D eigenvalue weighted by Gasteiger charge is 2.46. The summed E-state index contributed by atoms with van der Waals surface area (Å²) in [6, 6.07) is 7.98. The summed E-state index contributed by atoms with van der Waals surface area (Å²) in [6.45, 7) is 2.60. The second-order valence-corrected chi connectivity index (χ2v) is 6.81. The van der Waals surface area contributed by atoms with Crippen molar-refractivity contribution in [1.82, 2.24) is 9.88 Å². The maximum atomic E-state index is 12.9. The maximum Gasteiger partial charge on any atom is 0.295 e. The number of likely N-dealkylation sites (tertiary alicyclic amines) is 1. The maximum absolute atomic E-state index is 12.9. The zero-order chi connectivity index (χ0) is 21.0. The first-order chi connectivity index (χ1) is 14.0. The Hall–Kier alpha value is -3.19. The van der Waals surface area contributed by atoms with Crippen molar-refractivity contribution in [2.45, 2.75) is 19.4 Å². The van der Waals surface area contributed by atoms with E-state index in [4.69, 9.17) is 9.47 Å². The average molecular weight is 396 g/mol. The SMILES string of the molecule is COCCCN1C(=O)C(=O)C(=C(O)c2ccc(OC)cc2C)[C@H]1c1cccnc1. The van der Waals surface area contributed by atoms with Gasteiger partial charge in [0.1, 0.15) is 11.5 Å². The van der Waals surface area contributed by atoms with Gasteiger partial charge in [-0.1, -0.05) is 6.07 Å². The Morgan fingerprint density at radius 2 is 2.03 bits per heavy atom. The topological polar surface area (TPSA) is 89.0 Å². The van der Waals surface area contributed by atoms with Crippen molar-refractivity contribution in [3.8, 4) is 5.75 Å². The fourth-order valence-corrected chi connectivity index (χ4v) is 3.55. The summed E-state index contributed by atoms with van der Waals surface area (Å²) < 4.78 is 10.3. The molecule has 29 heavy (non-hydrogen) atoms. The number of carbonyl (C=O) groups is 2. The molecule has 3 rings (SSSR count). The zero-order valence-electron chi connectivity index (χ0n) is 16.7. The molecule has 0 radical (unpaired) electrons. The van der Waals surface area contributed by atoms with Gasteiger partial charge in [-0.2, -0.15) is 0 Å². The van der Waals surface area contributed by atoms with E-state index in [0.29, 0.717) is 36.4 Å². The summed E-state index contributed by atoms with van der Waals surface area (Å²) >= 11 is 0. The summed E-state index contributed by atoms with van der Waals surface area (Å²) in [4.78, 5) is 31.3. The molecular formula is C22H24N2O5. The van der Waals surface area contributed by atoms with Gasteiger partial charge in [-0.3, -0.25) is 14.6 Å². The van der Waals surface area contributed by atoms with E-state index >= 15 is 0 Å². The number of aryl methyl sites for hydroxylation is 1. The Bertz CT molecular complexity index is 939. The van der Waals surface area contributed by atoms with Crippen LogP contribution in [0.15, 0.2) is 48.3 Å². The number of ether oxygens (including phenoxy) is 2. The number of ketones is 1. The molecule has 0 unspecified atom stereocenters. The number of hydrogen-bond acceptors (Lipinski definition) is 6. The van der Waals surface area contributed by atoms with Crippen molar-refractivity contribution < 1.29 is 24.2 Å². The minimum absolute atomic E-state index is 0.0636. The molecule has 1 aliphatic rings. The van der Waals surface area contributed by atoms with Crippen molar-refractivity contribution >= 4 is 17.4 Å². The van der Waals surface area contributed by atoms with Gasteiger partial charge in [-0.15, -0.1) is 0 Å². The molecule has 1 aromatic carbocycles. The molecule has 1 N–H and O–H groups in total. The van der Waals surface area contributed by atoms with Gasteiger partial charge in [0, 0.05) is 38.2 Å². The largest absolute Gasteiger partial charge is 0.507 e. The number of nitrogens with zero attached hydrogens (tertiary/aromatic N) is 2. The summed E-state index contributed by atoms with van der Waals surface area (Å²) in [7, 11) is 3.14. The van der Waals surface area contributed by atoms with E-state index in [2.05, 4.69) is 4.98 Å². The van der Waals surface area contributed by atoms with Crippen LogP contribution in [0.5, 0.6) is 5.75 Å². The number of amides is 1. The third kappa shape index (κ3) is 4.00. The number of carbonyl (C=O) groups excluding carboxylic acids is 2. The number of aromatic nitrogens is 1. The Kier molecular flexibility index (Phi) is 6.29. The Labute approximate surface area is 169 Å². The third-order valence-corrected chi connectivity index (χ3v) is 4.98. The second kappa shape index (κ2) is 8.87. The number of aliphatic hydroxyl groups excluding tert-OH is 1. The van der Waals surface area contributed by atoms with Crippen molar-refractivity contribution in [2.24, 2.45) is 0 Å². The van der Waals surface area contributed by atoms with E-state index in [9.17, 15) is 14.7 Å². The first-order valence-electron chi connectivity index (χ1n) is 9.31. The quantitative estimate of drug-likeness (QED) is 0.335. The lowest BCUT2D eigenvalue weighted by Gasteiger charge is -2.25. The van der Waals surface area contributed by atoms with Gasteiger partial charge in [0.25, 0.3) is 11.7 Å². The predicted octanol–water partition coefficient (Wildman–Crippen LogP) is 2.86. The number of rotatable bonds is 7. The molecule has 0 spiro atoms. The van der Waals surface area contributed by atoms with Gasteiger partial charge in [0.2, 0.25) is 0 Å². The van der Waals surface area contributed by atoms with Gasteiger partial charge in [-0.25, -0.2) is 0 Å². The van der Waals surface area contributed by atoms with Crippen LogP contribution in [0.1, 0.15) is 29.2 Å². The fraction of sp³-hybridized carbons (Fsp3) is 0.318. The molecule has 0 aliphatic carbocycles. The number of hydrogen-bond donors (Lipinski definition) is 1. The molecule has 0 bridgehead atoms. The van der Waals surface area contributed by atoms with Crippen LogP contribution in [0.3, 0.4) is 0 Å². The molecule has 1 amide bonds. The lowest BCUT2D eigenvalue weighted by atomic mass is 9.94. The van der Waals surface area contributed by atoms with E-state index in [-0.39, 0.29) is 11.3 Å². The molecule has 2 aromatic rings. The summed E-state index contributed by atoms with van der Waals surface area (Å²) in [5.74, 6) is -0.902. The summed E-state index contributed by atoms with van der Waals surface area (Å²) in [6.07, 6.45) is 3.80. The molecule has 1 atom stereocenters. The van der Waals surface area contributed by atoms with E-state index in [1.807, 2.05) is 6.92 Å². The highest BCUT2D eigenvalue weighted by Crippen LogP contribution is 2.39. The zero-order valence-corrected chi connectivity index (χ0v) is 16.7.